The van der Waals surface area contributed by atoms with Crippen LogP contribution in [0.15, 0.2) is 36.9 Å². The van der Waals surface area contributed by atoms with Crippen molar-refractivity contribution in [2.24, 2.45) is 0 Å². The number of benzene rings is 1. The molecule has 0 aliphatic rings. The van der Waals surface area contributed by atoms with Crippen molar-refractivity contribution in [1.82, 2.24) is 10.2 Å². The maximum absolute atomic E-state index is 12.0. The van der Waals surface area contributed by atoms with E-state index in [2.05, 4.69) is 11.9 Å². The van der Waals surface area contributed by atoms with Crippen molar-refractivity contribution in [2.45, 2.75) is 13.0 Å². The van der Waals surface area contributed by atoms with E-state index in [1.807, 2.05) is 0 Å². The number of urea groups is 1. The summed E-state index contributed by atoms with van der Waals surface area (Å²) in [5.74, 6) is -0.914. The molecule has 1 aromatic rings. The summed E-state index contributed by atoms with van der Waals surface area (Å²) in [4.78, 5) is 24.2. The Kier molecular flexibility index (Phi) is 6.97. The number of hydrogen-bond acceptors (Lipinski definition) is 3. The normalized spacial score (nSPS) is 9.95. The number of nitrogens with zero attached hydrogens (tertiary/aromatic N) is 1. The van der Waals surface area contributed by atoms with Crippen LogP contribution in [-0.2, 0) is 17.8 Å². The molecule has 21 heavy (non-hydrogen) atoms. The van der Waals surface area contributed by atoms with Crippen molar-refractivity contribution in [2.75, 3.05) is 19.7 Å². The van der Waals surface area contributed by atoms with Crippen LogP contribution in [0.2, 0.25) is 0 Å². The molecule has 2 amide bonds. The molecule has 0 spiro atoms. The van der Waals surface area contributed by atoms with Gasteiger partial charge in [0.1, 0.15) is 0 Å². The highest BCUT2D eigenvalue weighted by atomic mass is 16.4. The number of hydrogen-bond donors (Lipinski definition) is 3. The molecule has 0 bridgehead atoms. The minimum Gasteiger partial charge on any atom is -0.481 e. The molecule has 0 unspecified atom stereocenters. The molecule has 1 aromatic carbocycles. The van der Waals surface area contributed by atoms with Crippen LogP contribution in [0, 0.1) is 0 Å². The lowest BCUT2D eigenvalue weighted by Gasteiger charge is -2.21. The molecular weight excluding hydrogens is 272 g/mol. The molecule has 3 N–H and O–H groups in total. The predicted octanol–water partition coefficient (Wildman–Crippen LogP) is 1.00. The van der Waals surface area contributed by atoms with Gasteiger partial charge in [-0.05, 0) is 11.1 Å². The molecule has 0 heterocycles. The van der Waals surface area contributed by atoms with Gasteiger partial charge in [-0.1, -0.05) is 30.3 Å². The van der Waals surface area contributed by atoms with E-state index < -0.39 is 5.97 Å². The summed E-state index contributed by atoms with van der Waals surface area (Å²) in [7, 11) is 0. The van der Waals surface area contributed by atoms with Gasteiger partial charge in [0, 0.05) is 19.6 Å². The number of aliphatic carboxylic acids is 1. The Bertz CT molecular complexity index is 502. The lowest BCUT2D eigenvalue weighted by molar-refractivity contribution is -0.136. The third-order valence-electron chi connectivity index (χ3n) is 2.90. The summed E-state index contributed by atoms with van der Waals surface area (Å²) in [5.41, 5.74) is 1.43. The third kappa shape index (κ3) is 5.66. The van der Waals surface area contributed by atoms with Gasteiger partial charge in [0.25, 0.3) is 0 Å². The second-order valence-electron chi connectivity index (χ2n) is 4.46. The molecule has 1 rings (SSSR count). The standard InChI is InChI=1S/C15H20N2O4/c1-2-7-17(8-9-18)15(21)16-11-13-6-4-3-5-12(13)10-14(19)20/h2-6,18H,1,7-11H2,(H,16,21)(H,19,20). The van der Waals surface area contributed by atoms with Crippen LogP contribution in [0.5, 0.6) is 0 Å². The van der Waals surface area contributed by atoms with Gasteiger partial charge >= 0.3 is 12.0 Å². The molecule has 6 heteroatoms. The maximum Gasteiger partial charge on any atom is 0.318 e. The summed E-state index contributed by atoms with van der Waals surface area (Å²) in [6.07, 6.45) is 1.49. The fraction of sp³-hybridized carbons (Fsp3) is 0.333. The number of carboxylic acids is 1. The van der Waals surface area contributed by atoms with Gasteiger partial charge in [0.2, 0.25) is 0 Å². The summed E-state index contributed by atoms with van der Waals surface area (Å²) in [5, 5.41) is 20.5. The maximum atomic E-state index is 12.0. The van der Waals surface area contributed by atoms with Crippen molar-refractivity contribution < 1.29 is 19.8 Å². The molecule has 0 aliphatic carbocycles. The number of carbonyl (C=O) groups is 2. The van der Waals surface area contributed by atoms with Crippen LogP contribution in [0.1, 0.15) is 11.1 Å². The van der Waals surface area contributed by atoms with Gasteiger partial charge in [-0.25, -0.2) is 4.79 Å². The van der Waals surface area contributed by atoms with Crippen molar-refractivity contribution >= 4 is 12.0 Å². The van der Waals surface area contributed by atoms with E-state index in [9.17, 15) is 9.59 Å². The summed E-state index contributed by atoms with van der Waals surface area (Å²) in [6.45, 7) is 4.22. The highest BCUT2D eigenvalue weighted by Crippen LogP contribution is 2.09. The molecule has 0 saturated carbocycles. The fourth-order valence-electron chi connectivity index (χ4n) is 1.90. The van der Waals surface area contributed by atoms with Crippen molar-refractivity contribution in [3.05, 3.63) is 48.0 Å². The first-order valence-corrected chi connectivity index (χ1v) is 6.61. The van der Waals surface area contributed by atoms with Crippen molar-refractivity contribution in [3.63, 3.8) is 0 Å². The molecule has 0 saturated heterocycles. The Labute approximate surface area is 123 Å². The highest BCUT2D eigenvalue weighted by Gasteiger charge is 2.12. The number of amides is 2. The summed E-state index contributed by atoms with van der Waals surface area (Å²) < 4.78 is 0. The number of aliphatic hydroxyl groups excluding tert-OH is 1. The molecule has 0 fully saturated rings. The van der Waals surface area contributed by atoms with Crippen LogP contribution in [-0.4, -0.2) is 46.8 Å². The molecule has 6 nitrogen and oxygen atoms in total. The van der Waals surface area contributed by atoms with Crippen LogP contribution in [0.4, 0.5) is 4.79 Å². The number of nitrogens with one attached hydrogen (secondary N) is 1. The van der Waals surface area contributed by atoms with Gasteiger partial charge in [0.15, 0.2) is 0 Å². The molecule has 0 radical (unpaired) electrons. The topological polar surface area (TPSA) is 89.9 Å². The molecule has 0 aromatic heterocycles. The summed E-state index contributed by atoms with van der Waals surface area (Å²) >= 11 is 0. The Balaban J connectivity index is 2.67. The van der Waals surface area contributed by atoms with Gasteiger partial charge in [-0.2, -0.15) is 0 Å². The first-order valence-electron chi connectivity index (χ1n) is 6.61. The second kappa shape index (κ2) is 8.76. The Morgan fingerprint density at radius 1 is 1.29 bits per heavy atom. The Morgan fingerprint density at radius 3 is 2.52 bits per heavy atom. The average Bonchev–Trinajstić information content (AvgIpc) is 2.45. The summed E-state index contributed by atoms with van der Waals surface area (Å²) in [6, 6.07) is 6.74. The van der Waals surface area contributed by atoms with Gasteiger partial charge in [-0.3, -0.25) is 4.79 Å². The van der Waals surface area contributed by atoms with E-state index in [0.717, 1.165) is 5.56 Å². The largest absolute Gasteiger partial charge is 0.481 e. The number of aliphatic hydroxyl groups is 1. The minimum absolute atomic E-state index is 0.0843. The molecule has 114 valence electrons. The van der Waals surface area contributed by atoms with Gasteiger partial charge < -0.3 is 20.4 Å². The van der Waals surface area contributed by atoms with E-state index >= 15 is 0 Å². The smallest absolute Gasteiger partial charge is 0.318 e. The van der Waals surface area contributed by atoms with E-state index in [0.29, 0.717) is 12.1 Å². The fourth-order valence-corrected chi connectivity index (χ4v) is 1.90. The second-order valence-corrected chi connectivity index (χ2v) is 4.46. The number of carboxylic acid groups (broad SMARTS) is 1. The minimum atomic E-state index is -0.914. The molecule has 0 aliphatic heterocycles. The first-order chi connectivity index (χ1) is 10.1. The van der Waals surface area contributed by atoms with E-state index in [-0.39, 0.29) is 32.1 Å². The zero-order valence-corrected chi connectivity index (χ0v) is 11.8. The monoisotopic (exact) mass is 292 g/mol. The van der Waals surface area contributed by atoms with Crippen LogP contribution < -0.4 is 5.32 Å². The van der Waals surface area contributed by atoms with Crippen molar-refractivity contribution in [3.8, 4) is 0 Å². The SMILES string of the molecule is C=CCN(CCO)C(=O)NCc1ccccc1CC(=O)O. The highest BCUT2D eigenvalue weighted by molar-refractivity contribution is 5.74. The van der Waals surface area contributed by atoms with Gasteiger partial charge in [-0.15, -0.1) is 6.58 Å². The Morgan fingerprint density at radius 2 is 1.95 bits per heavy atom. The van der Waals surface area contributed by atoms with Crippen LogP contribution in [0.3, 0.4) is 0 Å². The van der Waals surface area contributed by atoms with Crippen LogP contribution in [0.25, 0.3) is 0 Å². The number of rotatable bonds is 8. The van der Waals surface area contributed by atoms with Crippen LogP contribution >= 0.6 is 0 Å². The van der Waals surface area contributed by atoms with E-state index in [1.165, 1.54) is 4.90 Å². The van der Waals surface area contributed by atoms with Crippen molar-refractivity contribution in [1.29, 1.82) is 0 Å². The molecule has 0 atom stereocenters. The Hall–Kier alpha value is -2.34. The predicted molar refractivity (Wildman–Crippen MR) is 78.9 cm³/mol. The van der Waals surface area contributed by atoms with E-state index in [1.54, 1.807) is 30.3 Å². The third-order valence-corrected chi connectivity index (χ3v) is 2.90. The molecular formula is C15H20N2O4. The first kappa shape index (κ1) is 16.7. The lowest BCUT2D eigenvalue weighted by Crippen LogP contribution is -2.41. The number of carbonyl (C=O) groups excluding carboxylic acids is 1. The zero-order chi connectivity index (χ0) is 15.7. The zero-order valence-electron chi connectivity index (χ0n) is 11.8. The van der Waals surface area contributed by atoms with E-state index in [4.69, 9.17) is 10.2 Å². The van der Waals surface area contributed by atoms with Gasteiger partial charge in [0.05, 0.1) is 13.0 Å². The lowest BCUT2D eigenvalue weighted by atomic mass is 10.0. The average molecular weight is 292 g/mol. The quantitative estimate of drug-likeness (QED) is 0.624.